The Morgan fingerprint density at radius 2 is 2.67 bits per heavy atom. The average Bonchev–Trinajstić information content (AvgIpc) is 2.59. The summed E-state index contributed by atoms with van der Waals surface area (Å²) in [6.07, 6.45) is 5.47. The van der Waals surface area contributed by atoms with Crippen LogP contribution in [0.3, 0.4) is 0 Å². The van der Waals surface area contributed by atoms with Gasteiger partial charge in [-0.25, -0.2) is 4.98 Å². The number of nitrogens with zero attached hydrogens (tertiary/aromatic N) is 1. The molecule has 0 bridgehead atoms. The number of ether oxygens (including phenoxy) is 1. The van der Waals surface area contributed by atoms with Crippen LogP contribution in [0.2, 0.25) is 0 Å². The molecule has 1 atom stereocenters. The maximum atomic E-state index is 5.50. The van der Waals surface area contributed by atoms with E-state index in [9.17, 15) is 0 Å². The van der Waals surface area contributed by atoms with E-state index in [2.05, 4.69) is 10.3 Å². The lowest BCUT2D eigenvalue weighted by molar-refractivity contribution is 0.130. The van der Waals surface area contributed by atoms with E-state index < -0.39 is 0 Å². The van der Waals surface area contributed by atoms with Crippen molar-refractivity contribution in [2.24, 2.45) is 0 Å². The highest BCUT2D eigenvalue weighted by atomic mass is 16.6. The van der Waals surface area contributed by atoms with E-state index in [1.165, 1.54) is 12.8 Å². The van der Waals surface area contributed by atoms with Crippen molar-refractivity contribution in [3.63, 3.8) is 0 Å². The van der Waals surface area contributed by atoms with Gasteiger partial charge in [0.1, 0.15) is 12.3 Å². The highest BCUT2D eigenvalue weighted by Gasteiger charge is 2.15. The van der Waals surface area contributed by atoms with Gasteiger partial charge in [0.15, 0.2) is 6.39 Å². The van der Waals surface area contributed by atoms with Crippen molar-refractivity contribution < 1.29 is 9.15 Å². The van der Waals surface area contributed by atoms with Gasteiger partial charge in [-0.15, -0.1) is 0 Å². The molecule has 1 aromatic heterocycles. The van der Waals surface area contributed by atoms with E-state index in [0.717, 1.165) is 19.5 Å². The minimum absolute atomic E-state index is 0.242. The fraction of sp³-hybridized carbons (Fsp3) is 0.625. The van der Waals surface area contributed by atoms with Gasteiger partial charge < -0.3 is 14.5 Å². The molecule has 0 amide bonds. The minimum atomic E-state index is 0.242. The number of hydrogen-bond acceptors (Lipinski definition) is 4. The Morgan fingerprint density at radius 1 is 1.67 bits per heavy atom. The number of aromatic nitrogens is 1. The fourth-order valence-corrected chi connectivity index (χ4v) is 1.35. The van der Waals surface area contributed by atoms with Gasteiger partial charge >= 0.3 is 5.95 Å². The van der Waals surface area contributed by atoms with Crippen LogP contribution in [-0.4, -0.2) is 24.2 Å². The smallest absolute Gasteiger partial charge is 0.305 e. The van der Waals surface area contributed by atoms with Gasteiger partial charge in [0, 0.05) is 6.54 Å². The number of oxazole rings is 1. The van der Waals surface area contributed by atoms with Crippen LogP contribution >= 0.6 is 0 Å². The third kappa shape index (κ3) is 1.76. The number of piperidine rings is 1. The van der Waals surface area contributed by atoms with E-state index in [-0.39, 0.29) is 6.10 Å². The standard InChI is InChI=1S/C8H12N2O2/c1-2-7(4-9-3-1)12-8-5-10-6-11-8/h5-7,9H,1-4H2. The molecule has 4 nitrogen and oxygen atoms in total. The van der Waals surface area contributed by atoms with Gasteiger partial charge in [0.25, 0.3) is 0 Å². The quantitative estimate of drug-likeness (QED) is 0.709. The maximum Gasteiger partial charge on any atom is 0.305 e. The molecule has 1 N–H and O–H groups in total. The zero-order valence-electron chi connectivity index (χ0n) is 6.82. The number of hydrogen-bond donors (Lipinski definition) is 1. The summed E-state index contributed by atoms with van der Waals surface area (Å²) in [6, 6.07) is 0. The van der Waals surface area contributed by atoms with Crippen molar-refractivity contribution in [3.8, 4) is 5.95 Å². The SMILES string of the molecule is c1ncc(OC2CCCNC2)o1. The van der Waals surface area contributed by atoms with Gasteiger partial charge in [0.2, 0.25) is 0 Å². The van der Waals surface area contributed by atoms with Crippen LogP contribution in [-0.2, 0) is 0 Å². The number of rotatable bonds is 2. The maximum absolute atomic E-state index is 5.50. The van der Waals surface area contributed by atoms with Crippen LogP contribution in [0.5, 0.6) is 5.95 Å². The van der Waals surface area contributed by atoms with E-state index in [1.54, 1.807) is 6.20 Å². The molecular weight excluding hydrogens is 156 g/mol. The lowest BCUT2D eigenvalue weighted by Gasteiger charge is -2.21. The molecule has 0 radical (unpaired) electrons. The molecule has 1 aliphatic rings. The van der Waals surface area contributed by atoms with Crippen molar-refractivity contribution in [1.82, 2.24) is 10.3 Å². The molecule has 66 valence electrons. The van der Waals surface area contributed by atoms with E-state index in [4.69, 9.17) is 9.15 Å². The van der Waals surface area contributed by atoms with Gasteiger partial charge in [-0.2, -0.15) is 0 Å². The summed E-state index contributed by atoms with van der Waals surface area (Å²) in [6.45, 7) is 2.00. The largest absolute Gasteiger partial charge is 0.459 e. The summed E-state index contributed by atoms with van der Waals surface area (Å²) < 4.78 is 10.5. The Morgan fingerprint density at radius 3 is 3.33 bits per heavy atom. The zero-order chi connectivity index (χ0) is 8.23. The van der Waals surface area contributed by atoms with Crippen LogP contribution in [0, 0.1) is 0 Å². The first-order valence-electron chi connectivity index (χ1n) is 4.21. The lowest BCUT2D eigenvalue weighted by Crippen LogP contribution is -2.37. The second-order valence-corrected chi connectivity index (χ2v) is 2.91. The second-order valence-electron chi connectivity index (χ2n) is 2.91. The summed E-state index contributed by atoms with van der Waals surface area (Å²) in [5, 5.41) is 3.26. The first kappa shape index (κ1) is 7.61. The predicted molar refractivity (Wildman–Crippen MR) is 43.0 cm³/mol. The summed E-state index contributed by atoms with van der Waals surface area (Å²) in [5.41, 5.74) is 0. The van der Waals surface area contributed by atoms with Crippen molar-refractivity contribution in [3.05, 3.63) is 12.6 Å². The van der Waals surface area contributed by atoms with Crippen molar-refractivity contribution in [2.75, 3.05) is 13.1 Å². The molecule has 1 aliphatic heterocycles. The second kappa shape index (κ2) is 3.58. The van der Waals surface area contributed by atoms with Crippen LogP contribution < -0.4 is 10.1 Å². The Bertz CT molecular complexity index is 217. The van der Waals surface area contributed by atoms with Crippen molar-refractivity contribution in [2.45, 2.75) is 18.9 Å². The zero-order valence-corrected chi connectivity index (χ0v) is 6.82. The molecule has 1 unspecified atom stereocenters. The molecule has 2 rings (SSSR count). The van der Waals surface area contributed by atoms with Gasteiger partial charge in [0.05, 0.1) is 0 Å². The average molecular weight is 168 g/mol. The van der Waals surface area contributed by atoms with Gasteiger partial charge in [-0.3, -0.25) is 0 Å². The summed E-state index contributed by atoms with van der Waals surface area (Å²) >= 11 is 0. The summed E-state index contributed by atoms with van der Waals surface area (Å²) in [7, 11) is 0. The summed E-state index contributed by atoms with van der Waals surface area (Å²) in [5.74, 6) is 0.517. The molecule has 0 aromatic carbocycles. The monoisotopic (exact) mass is 168 g/mol. The third-order valence-corrected chi connectivity index (χ3v) is 1.94. The highest BCUT2D eigenvalue weighted by Crippen LogP contribution is 2.13. The van der Waals surface area contributed by atoms with E-state index >= 15 is 0 Å². The molecule has 1 aromatic rings. The van der Waals surface area contributed by atoms with Crippen LogP contribution in [0.25, 0.3) is 0 Å². The molecule has 1 saturated heterocycles. The molecular formula is C8H12N2O2. The van der Waals surface area contributed by atoms with E-state index in [0.29, 0.717) is 5.95 Å². The predicted octanol–water partition coefficient (Wildman–Crippen LogP) is 0.805. The number of nitrogens with one attached hydrogen (secondary N) is 1. The molecule has 0 spiro atoms. The molecule has 2 heterocycles. The normalized spacial score (nSPS) is 23.8. The molecule has 4 heteroatoms. The minimum Gasteiger partial charge on any atom is -0.459 e. The Balaban J connectivity index is 1.86. The van der Waals surface area contributed by atoms with Crippen molar-refractivity contribution in [1.29, 1.82) is 0 Å². The van der Waals surface area contributed by atoms with Crippen molar-refractivity contribution >= 4 is 0 Å². The molecule has 12 heavy (non-hydrogen) atoms. The molecule has 0 aliphatic carbocycles. The fourth-order valence-electron chi connectivity index (χ4n) is 1.35. The molecule has 0 saturated carbocycles. The Labute approximate surface area is 70.9 Å². The van der Waals surface area contributed by atoms with Gasteiger partial charge in [-0.05, 0) is 19.4 Å². The van der Waals surface area contributed by atoms with E-state index in [1.807, 2.05) is 0 Å². The Hall–Kier alpha value is -1.03. The third-order valence-electron chi connectivity index (χ3n) is 1.94. The molecule has 1 fully saturated rings. The first-order chi connectivity index (χ1) is 5.95. The first-order valence-corrected chi connectivity index (χ1v) is 4.21. The van der Waals surface area contributed by atoms with Gasteiger partial charge in [-0.1, -0.05) is 0 Å². The Kier molecular flexibility index (Phi) is 2.27. The van der Waals surface area contributed by atoms with Crippen LogP contribution in [0.15, 0.2) is 17.0 Å². The highest BCUT2D eigenvalue weighted by molar-refractivity contribution is 4.96. The summed E-state index contributed by atoms with van der Waals surface area (Å²) in [4.78, 5) is 3.78. The van der Waals surface area contributed by atoms with Crippen LogP contribution in [0.1, 0.15) is 12.8 Å². The topological polar surface area (TPSA) is 47.3 Å². The lowest BCUT2D eigenvalue weighted by atomic mass is 10.1. The van der Waals surface area contributed by atoms with Crippen LogP contribution in [0.4, 0.5) is 0 Å².